The molecule has 7 heteroatoms. The van der Waals surface area contributed by atoms with E-state index in [4.69, 9.17) is 4.65 Å². The Hall–Kier alpha value is -2.12. The van der Waals surface area contributed by atoms with E-state index in [-0.39, 0.29) is 35.4 Å². The number of fused-ring (bicyclic) bond motifs is 3. The van der Waals surface area contributed by atoms with Gasteiger partial charge in [0.15, 0.2) is 0 Å². The number of carbonyl (C=O) groups is 2. The van der Waals surface area contributed by atoms with Crippen molar-refractivity contribution in [2.45, 2.75) is 64.0 Å². The quantitative estimate of drug-likeness (QED) is 0.579. The number of likely N-dealkylation sites (tertiary alicyclic amines) is 1. The Morgan fingerprint density at radius 1 is 1.10 bits per heavy atom. The first-order chi connectivity index (χ1) is 14.5. The van der Waals surface area contributed by atoms with Gasteiger partial charge in [-0.3, -0.25) is 14.5 Å². The Morgan fingerprint density at radius 2 is 1.87 bits per heavy atom. The van der Waals surface area contributed by atoms with Gasteiger partial charge in [-0.1, -0.05) is 37.0 Å². The number of amides is 2. The van der Waals surface area contributed by atoms with Crippen molar-refractivity contribution in [3.05, 3.63) is 40.9 Å². The number of imide groups is 1. The van der Waals surface area contributed by atoms with Crippen molar-refractivity contribution in [1.82, 2.24) is 4.90 Å². The first-order valence-electron chi connectivity index (χ1n) is 11.1. The van der Waals surface area contributed by atoms with Crippen LogP contribution in [0.1, 0.15) is 63.5 Å². The topological polar surface area (TPSA) is 87.1 Å². The number of phenols is 1. The number of rotatable bonds is 2. The molecule has 3 fully saturated rings. The maximum absolute atomic E-state index is 13.5. The van der Waals surface area contributed by atoms with Gasteiger partial charge in [-0.25, -0.2) is 0 Å². The molecule has 6 nitrogen and oxygen atoms in total. The van der Waals surface area contributed by atoms with Crippen LogP contribution in [0, 0.1) is 17.8 Å². The standard InChI is InChI=1S/C23H28BNO5/c1-13-10-18-20(23(28)25(22(18)27)15-7-3-2-4-8-15)17-12-19(30-24(29)21(13)17)14-6-5-9-16(26)11-14/h5-6,9,11,15,17-20,26,29H,2-4,7-8,10,12H2,1H3/t17-,18-,19-,20+/m0/s1. The van der Waals surface area contributed by atoms with Crippen LogP contribution < -0.4 is 0 Å². The second-order valence-corrected chi connectivity index (χ2v) is 9.32. The van der Waals surface area contributed by atoms with Gasteiger partial charge in [0.05, 0.1) is 17.9 Å². The fourth-order valence-corrected chi connectivity index (χ4v) is 6.22. The summed E-state index contributed by atoms with van der Waals surface area (Å²) in [7, 11) is -1.09. The van der Waals surface area contributed by atoms with Crippen molar-refractivity contribution in [3.8, 4) is 5.75 Å². The predicted octanol–water partition coefficient (Wildman–Crippen LogP) is 3.14. The van der Waals surface area contributed by atoms with Gasteiger partial charge in [0.25, 0.3) is 0 Å². The van der Waals surface area contributed by atoms with Crippen molar-refractivity contribution in [1.29, 1.82) is 0 Å². The molecule has 2 aliphatic carbocycles. The molecule has 1 aromatic carbocycles. The Kier molecular flexibility index (Phi) is 4.98. The summed E-state index contributed by atoms with van der Waals surface area (Å²) in [6, 6.07) is 6.86. The zero-order valence-electron chi connectivity index (χ0n) is 17.3. The van der Waals surface area contributed by atoms with Gasteiger partial charge in [-0.2, -0.15) is 0 Å². The third-order valence-electron chi connectivity index (χ3n) is 7.57. The summed E-state index contributed by atoms with van der Waals surface area (Å²) in [6.07, 6.45) is 5.70. The summed E-state index contributed by atoms with van der Waals surface area (Å²) >= 11 is 0. The number of hydrogen-bond donors (Lipinski definition) is 2. The number of phenolic OH excluding ortho intramolecular Hbond substituents is 1. The van der Waals surface area contributed by atoms with Crippen LogP contribution in [0.15, 0.2) is 35.3 Å². The van der Waals surface area contributed by atoms with Crippen LogP contribution in [0.25, 0.3) is 0 Å². The molecule has 0 unspecified atom stereocenters. The van der Waals surface area contributed by atoms with E-state index >= 15 is 0 Å². The molecule has 4 atom stereocenters. The van der Waals surface area contributed by atoms with Crippen LogP contribution in [0.2, 0.25) is 0 Å². The van der Waals surface area contributed by atoms with E-state index in [1.165, 1.54) is 6.42 Å². The van der Waals surface area contributed by atoms with Crippen molar-refractivity contribution in [2.24, 2.45) is 17.8 Å². The van der Waals surface area contributed by atoms with E-state index in [1.807, 2.05) is 13.0 Å². The lowest BCUT2D eigenvalue weighted by Crippen LogP contribution is -2.45. The minimum Gasteiger partial charge on any atom is -0.508 e. The molecule has 0 aromatic heterocycles. The van der Waals surface area contributed by atoms with E-state index in [0.29, 0.717) is 12.8 Å². The molecule has 0 spiro atoms. The van der Waals surface area contributed by atoms with Crippen LogP contribution in [0.4, 0.5) is 0 Å². The molecule has 0 radical (unpaired) electrons. The summed E-state index contributed by atoms with van der Waals surface area (Å²) in [5, 5.41) is 20.7. The van der Waals surface area contributed by atoms with Crippen LogP contribution >= 0.6 is 0 Å². The third-order valence-corrected chi connectivity index (χ3v) is 7.57. The summed E-state index contributed by atoms with van der Waals surface area (Å²) < 4.78 is 5.90. The average Bonchev–Trinajstić information content (AvgIpc) is 2.98. The number of nitrogens with zero attached hydrogens (tertiary/aromatic N) is 1. The fraction of sp³-hybridized carbons (Fsp3) is 0.565. The van der Waals surface area contributed by atoms with Crippen molar-refractivity contribution in [2.75, 3.05) is 0 Å². The molecule has 0 bridgehead atoms. The van der Waals surface area contributed by atoms with E-state index in [1.54, 1.807) is 23.1 Å². The second kappa shape index (κ2) is 7.54. The molecule has 2 aliphatic heterocycles. The summed E-state index contributed by atoms with van der Waals surface area (Å²) in [5.41, 5.74) is 2.52. The molecular weight excluding hydrogens is 381 g/mol. The first-order valence-corrected chi connectivity index (χ1v) is 11.1. The minimum atomic E-state index is -1.09. The predicted molar refractivity (Wildman–Crippen MR) is 111 cm³/mol. The Balaban J connectivity index is 1.48. The molecule has 30 heavy (non-hydrogen) atoms. The molecule has 1 saturated carbocycles. The summed E-state index contributed by atoms with van der Waals surface area (Å²) in [6.45, 7) is 1.95. The van der Waals surface area contributed by atoms with E-state index in [9.17, 15) is 19.7 Å². The summed E-state index contributed by atoms with van der Waals surface area (Å²) in [4.78, 5) is 28.4. The normalized spacial score (nSPS) is 32.5. The molecule has 2 N–H and O–H groups in total. The van der Waals surface area contributed by atoms with Gasteiger partial charge in [-0.05, 0) is 61.7 Å². The van der Waals surface area contributed by atoms with E-state index in [0.717, 1.165) is 42.3 Å². The van der Waals surface area contributed by atoms with E-state index in [2.05, 4.69) is 0 Å². The van der Waals surface area contributed by atoms with Gasteiger partial charge in [0.2, 0.25) is 11.8 Å². The molecule has 158 valence electrons. The highest BCUT2D eigenvalue weighted by Gasteiger charge is 2.58. The molecule has 2 amide bonds. The largest absolute Gasteiger partial charge is 0.508 e. The van der Waals surface area contributed by atoms with Crippen LogP contribution in [-0.2, 0) is 14.2 Å². The van der Waals surface area contributed by atoms with Gasteiger partial charge in [0, 0.05) is 6.04 Å². The summed E-state index contributed by atoms with van der Waals surface area (Å²) in [5.74, 6) is -0.911. The molecule has 2 heterocycles. The number of benzene rings is 1. The lowest BCUT2D eigenvalue weighted by atomic mass is 9.55. The molecule has 1 aromatic rings. The lowest BCUT2D eigenvalue weighted by molar-refractivity contribution is -0.143. The second-order valence-electron chi connectivity index (χ2n) is 9.32. The number of aromatic hydroxyl groups is 1. The zero-order chi connectivity index (χ0) is 21.0. The number of carbonyl (C=O) groups excluding carboxylic acids is 2. The monoisotopic (exact) mass is 409 g/mol. The number of allylic oxidation sites excluding steroid dienone is 2. The SMILES string of the molecule is CC1=C2B(O)O[C@H](c3cccc(O)c3)C[C@H]2[C@H]2C(=O)N(C3CCCCC3)C(=O)[C@H]2C1. The zero-order valence-corrected chi connectivity index (χ0v) is 17.3. The molecule has 4 aliphatic rings. The lowest BCUT2D eigenvalue weighted by Gasteiger charge is -2.41. The average molecular weight is 409 g/mol. The molecular formula is C23H28BNO5. The van der Waals surface area contributed by atoms with Gasteiger partial charge in [-0.15, -0.1) is 0 Å². The van der Waals surface area contributed by atoms with Gasteiger partial charge >= 0.3 is 7.12 Å². The smallest absolute Gasteiger partial charge is 0.487 e. The Bertz CT molecular complexity index is 909. The van der Waals surface area contributed by atoms with Crippen LogP contribution in [0.5, 0.6) is 5.75 Å². The van der Waals surface area contributed by atoms with Crippen LogP contribution in [-0.4, -0.2) is 40.0 Å². The van der Waals surface area contributed by atoms with Crippen molar-refractivity contribution < 1.29 is 24.4 Å². The van der Waals surface area contributed by atoms with Crippen LogP contribution in [0.3, 0.4) is 0 Å². The van der Waals surface area contributed by atoms with E-state index < -0.39 is 19.1 Å². The number of hydrogen-bond acceptors (Lipinski definition) is 5. The third kappa shape index (κ3) is 3.10. The highest BCUT2D eigenvalue weighted by atomic mass is 16.5. The highest BCUT2D eigenvalue weighted by Crippen LogP contribution is 2.52. The highest BCUT2D eigenvalue weighted by molar-refractivity contribution is 6.53. The van der Waals surface area contributed by atoms with Gasteiger partial charge in [0.1, 0.15) is 5.75 Å². The minimum absolute atomic E-state index is 0.0230. The van der Waals surface area contributed by atoms with Crippen molar-refractivity contribution >= 4 is 18.9 Å². The fourth-order valence-electron chi connectivity index (χ4n) is 6.22. The Labute approximate surface area is 177 Å². The van der Waals surface area contributed by atoms with Crippen molar-refractivity contribution in [3.63, 3.8) is 0 Å². The Morgan fingerprint density at radius 3 is 2.60 bits per heavy atom. The maximum atomic E-state index is 13.5. The molecule has 5 rings (SSSR count). The maximum Gasteiger partial charge on any atom is 0.487 e. The first kappa shape index (κ1) is 19.8. The molecule has 2 saturated heterocycles. The van der Waals surface area contributed by atoms with Gasteiger partial charge < -0.3 is 14.8 Å².